The van der Waals surface area contributed by atoms with Crippen LogP contribution < -0.4 is 5.32 Å². The number of carboxylic acids is 1. The highest BCUT2D eigenvalue weighted by molar-refractivity contribution is 6.31. The maximum Gasteiger partial charge on any atom is 0.321 e. The Morgan fingerprint density at radius 3 is 2.87 bits per heavy atom. The van der Waals surface area contributed by atoms with E-state index >= 15 is 0 Å². The van der Waals surface area contributed by atoms with Crippen LogP contribution >= 0.6 is 11.6 Å². The molecule has 1 aliphatic rings. The SMILES string of the molecule is O=C(O)C1NCCC1c1ccccc1Cl. The first-order valence-corrected chi connectivity index (χ1v) is 5.28. The minimum absolute atomic E-state index is 0.0174. The zero-order valence-corrected chi connectivity index (χ0v) is 8.87. The van der Waals surface area contributed by atoms with Crippen molar-refractivity contribution in [2.75, 3.05) is 6.54 Å². The standard InChI is InChI=1S/C11H12ClNO2/c12-9-4-2-1-3-7(9)8-5-6-13-10(8)11(14)15/h1-4,8,10,13H,5-6H2,(H,14,15). The monoisotopic (exact) mass is 225 g/mol. The second kappa shape index (κ2) is 4.21. The third-order valence-corrected chi connectivity index (χ3v) is 3.14. The minimum Gasteiger partial charge on any atom is -0.480 e. The number of carboxylic acid groups (broad SMARTS) is 1. The zero-order valence-electron chi connectivity index (χ0n) is 8.11. The minimum atomic E-state index is -0.808. The first-order chi connectivity index (χ1) is 7.20. The van der Waals surface area contributed by atoms with Crippen molar-refractivity contribution in [3.8, 4) is 0 Å². The summed E-state index contributed by atoms with van der Waals surface area (Å²) in [4.78, 5) is 11.0. The van der Waals surface area contributed by atoms with Crippen molar-refractivity contribution in [2.45, 2.75) is 18.4 Å². The highest BCUT2D eigenvalue weighted by Gasteiger charge is 2.34. The topological polar surface area (TPSA) is 49.3 Å². The molecule has 3 nitrogen and oxygen atoms in total. The predicted molar refractivity (Wildman–Crippen MR) is 58.2 cm³/mol. The van der Waals surface area contributed by atoms with E-state index in [-0.39, 0.29) is 5.92 Å². The Labute approximate surface area is 93.1 Å². The van der Waals surface area contributed by atoms with E-state index in [1.54, 1.807) is 6.07 Å². The molecule has 80 valence electrons. The van der Waals surface area contributed by atoms with Crippen LogP contribution in [0.4, 0.5) is 0 Å². The van der Waals surface area contributed by atoms with Crippen LogP contribution in [-0.4, -0.2) is 23.7 Å². The van der Waals surface area contributed by atoms with E-state index in [1.165, 1.54) is 0 Å². The van der Waals surface area contributed by atoms with Crippen molar-refractivity contribution in [1.29, 1.82) is 0 Å². The first kappa shape index (κ1) is 10.5. The first-order valence-electron chi connectivity index (χ1n) is 4.91. The Kier molecular flexibility index (Phi) is 2.93. The summed E-state index contributed by atoms with van der Waals surface area (Å²) < 4.78 is 0. The fourth-order valence-electron chi connectivity index (χ4n) is 2.07. The smallest absolute Gasteiger partial charge is 0.321 e. The normalized spacial score (nSPS) is 25.4. The number of hydrogen-bond acceptors (Lipinski definition) is 2. The Balaban J connectivity index is 2.30. The molecular weight excluding hydrogens is 214 g/mol. The van der Waals surface area contributed by atoms with Crippen LogP contribution in [0, 0.1) is 0 Å². The summed E-state index contributed by atoms with van der Waals surface area (Å²) in [6, 6.07) is 6.93. The molecule has 15 heavy (non-hydrogen) atoms. The molecule has 2 N–H and O–H groups in total. The summed E-state index contributed by atoms with van der Waals surface area (Å²) in [6.07, 6.45) is 0.820. The average Bonchev–Trinajstić information content (AvgIpc) is 2.67. The molecule has 0 spiro atoms. The van der Waals surface area contributed by atoms with Crippen LogP contribution in [0.15, 0.2) is 24.3 Å². The number of benzene rings is 1. The number of nitrogens with one attached hydrogen (secondary N) is 1. The van der Waals surface area contributed by atoms with Gasteiger partial charge in [0.05, 0.1) is 0 Å². The number of aliphatic carboxylic acids is 1. The summed E-state index contributed by atoms with van der Waals surface area (Å²) in [5.74, 6) is -0.825. The highest BCUT2D eigenvalue weighted by Crippen LogP contribution is 2.32. The third-order valence-electron chi connectivity index (χ3n) is 2.79. The van der Waals surface area contributed by atoms with Gasteiger partial charge >= 0.3 is 5.97 Å². The Hall–Kier alpha value is -1.06. The molecule has 1 fully saturated rings. The molecule has 0 aromatic heterocycles. The fraction of sp³-hybridized carbons (Fsp3) is 0.364. The van der Waals surface area contributed by atoms with Crippen LogP contribution in [0.1, 0.15) is 17.9 Å². The lowest BCUT2D eigenvalue weighted by Gasteiger charge is -2.16. The molecule has 0 aliphatic carbocycles. The second-order valence-electron chi connectivity index (χ2n) is 3.69. The van der Waals surface area contributed by atoms with Crippen LogP contribution in [-0.2, 0) is 4.79 Å². The molecular formula is C11H12ClNO2. The molecule has 1 heterocycles. The molecule has 4 heteroatoms. The molecule has 0 saturated carbocycles. The van der Waals surface area contributed by atoms with Crippen LogP contribution in [0.3, 0.4) is 0 Å². The van der Waals surface area contributed by atoms with Gasteiger partial charge in [0.1, 0.15) is 6.04 Å². The van der Waals surface area contributed by atoms with Crippen LogP contribution in [0.5, 0.6) is 0 Å². The molecule has 1 aromatic carbocycles. The summed E-state index contributed by atoms with van der Waals surface area (Å²) >= 11 is 6.05. The molecule has 1 aliphatic heterocycles. The average molecular weight is 226 g/mol. The van der Waals surface area contributed by atoms with Gasteiger partial charge in [0.2, 0.25) is 0 Å². The Morgan fingerprint density at radius 2 is 2.20 bits per heavy atom. The molecule has 2 rings (SSSR count). The number of carbonyl (C=O) groups is 1. The van der Waals surface area contributed by atoms with Crippen LogP contribution in [0.25, 0.3) is 0 Å². The molecule has 0 bridgehead atoms. The van der Waals surface area contributed by atoms with Gasteiger partial charge in [-0.1, -0.05) is 29.8 Å². The lowest BCUT2D eigenvalue weighted by molar-refractivity contribution is -0.139. The molecule has 2 unspecified atom stereocenters. The van der Waals surface area contributed by atoms with Crippen molar-refractivity contribution in [1.82, 2.24) is 5.32 Å². The molecule has 0 radical (unpaired) electrons. The van der Waals surface area contributed by atoms with Gasteiger partial charge in [-0.25, -0.2) is 0 Å². The lowest BCUT2D eigenvalue weighted by atomic mass is 9.92. The van der Waals surface area contributed by atoms with Crippen molar-refractivity contribution < 1.29 is 9.90 Å². The van der Waals surface area contributed by atoms with Crippen molar-refractivity contribution in [2.24, 2.45) is 0 Å². The maximum atomic E-state index is 11.0. The maximum absolute atomic E-state index is 11.0. The quantitative estimate of drug-likeness (QED) is 0.808. The van der Waals surface area contributed by atoms with Gasteiger partial charge in [0.25, 0.3) is 0 Å². The van der Waals surface area contributed by atoms with E-state index in [1.807, 2.05) is 18.2 Å². The zero-order chi connectivity index (χ0) is 10.8. The van der Waals surface area contributed by atoms with E-state index < -0.39 is 12.0 Å². The lowest BCUT2D eigenvalue weighted by Crippen LogP contribution is -2.34. The molecule has 1 aromatic rings. The van der Waals surface area contributed by atoms with Gasteiger partial charge in [-0.15, -0.1) is 0 Å². The molecule has 2 atom stereocenters. The van der Waals surface area contributed by atoms with E-state index in [0.29, 0.717) is 5.02 Å². The van der Waals surface area contributed by atoms with Gasteiger partial charge in [-0.05, 0) is 24.6 Å². The Bertz CT molecular complexity index is 381. The summed E-state index contributed by atoms with van der Waals surface area (Å²) in [5.41, 5.74) is 0.927. The van der Waals surface area contributed by atoms with Crippen molar-refractivity contribution >= 4 is 17.6 Å². The van der Waals surface area contributed by atoms with Gasteiger partial charge in [0.15, 0.2) is 0 Å². The van der Waals surface area contributed by atoms with Gasteiger partial charge in [0, 0.05) is 10.9 Å². The highest BCUT2D eigenvalue weighted by atomic mass is 35.5. The largest absolute Gasteiger partial charge is 0.480 e. The van der Waals surface area contributed by atoms with Crippen molar-refractivity contribution in [3.63, 3.8) is 0 Å². The number of rotatable bonds is 2. The predicted octanol–water partition coefficient (Wildman–Crippen LogP) is 1.87. The number of halogens is 1. The van der Waals surface area contributed by atoms with Gasteiger partial charge in [-0.2, -0.15) is 0 Å². The van der Waals surface area contributed by atoms with Gasteiger partial charge < -0.3 is 10.4 Å². The molecule has 0 amide bonds. The van der Waals surface area contributed by atoms with E-state index in [0.717, 1.165) is 18.5 Å². The van der Waals surface area contributed by atoms with E-state index in [9.17, 15) is 4.79 Å². The summed E-state index contributed by atoms with van der Waals surface area (Å²) in [6.45, 7) is 0.729. The fourth-order valence-corrected chi connectivity index (χ4v) is 2.35. The third kappa shape index (κ3) is 1.98. The van der Waals surface area contributed by atoms with E-state index in [2.05, 4.69) is 5.32 Å². The summed E-state index contributed by atoms with van der Waals surface area (Å²) in [7, 11) is 0. The number of hydrogen-bond donors (Lipinski definition) is 2. The Morgan fingerprint density at radius 1 is 1.47 bits per heavy atom. The van der Waals surface area contributed by atoms with Crippen LogP contribution in [0.2, 0.25) is 5.02 Å². The second-order valence-corrected chi connectivity index (χ2v) is 4.09. The summed E-state index contributed by atoms with van der Waals surface area (Å²) in [5, 5.41) is 12.7. The molecule has 1 saturated heterocycles. The van der Waals surface area contributed by atoms with Crippen molar-refractivity contribution in [3.05, 3.63) is 34.9 Å². The van der Waals surface area contributed by atoms with E-state index in [4.69, 9.17) is 16.7 Å². The van der Waals surface area contributed by atoms with Gasteiger partial charge in [-0.3, -0.25) is 4.79 Å².